The smallest absolute Gasteiger partial charge is 0.354 e. The molecule has 1 aliphatic heterocycles. The lowest BCUT2D eigenvalue weighted by atomic mass is 10.3. The molecular formula is C10H13N3O5S. The summed E-state index contributed by atoms with van der Waals surface area (Å²) in [5.41, 5.74) is -0.0546. The van der Waals surface area contributed by atoms with E-state index < -0.39 is 16.2 Å². The van der Waals surface area contributed by atoms with Crippen LogP contribution >= 0.6 is 0 Å². The molecule has 0 atom stereocenters. The second-order valence-electron chi connectivity index (χ2n) is 3.85. The predicted molar refractivity (Wildman–Crippen MR) is 66.1 cm³/mol. The molecule has 2 N–H and O–H groups in total. The molecule has 104 valence electrons. The molecule has 0 spiro atoms. The number of morpholine rings is 1. The van der Waals surface area contributed by atoms with E-state index in [0.29, 0.717) is 13.2 Å². The number of aromatic carboxylic acids is 1. The molecule has 1 aliphatic rings. The number of nitrogens with zero attached hydrogens (tertiary/aromatic N) is 2. The molecule has 0 aromatic carbocycles. The van der Waals surface area contributed by atoms with Crippen molar-refractivity contribution in [1.29, 1.82) is 0 Å². The van der Waals surface area contributed by atoms with Crippen molar-refractivity contribution in [2.75, 3.05) is 31.0 Å². The van der Waals surface area contributed by atoms with Crippen molar-refractivity contribution in [3.8, 4) is 0 Å². The Kier molecular flexibility index (Phi) is 3.98. The molecule has 9 heteroatoms. The molecule has 0 bridgehead atoms. The van der Waals surface area contributed by atoms with Gasteiger partial charge in [0.1, 0.15) is 5.69 Å². The van der Waals surface area contributed by atoms with E-state index in [-0.39, 0.29) is 24.5 Å². The van der Waals surface area contributed by atoms with Gasteiger partial charge in [-0.3, -0.25) is 4.72 Å². The van der Waals surface area contributed by atoms with Crippen LogP contribution < -0.4 is 4.72 Å². The van der Waals surface area contributed by atoms with Gasteiger partial charge in [-0.2, -0.15) is 12.7 Å². The van der Waals surface area contributed by atoms with E-state index in [1.54, 1.807) is 0 Å². The zero-order chi connectivity index (χ0) is 13.9. The van der Waals surface area contributed by atoms with Crippen molar-refractivity contribution in [2.24, 2.45) is 0 Å². The van der Waals surface area contributed by atoms with Gasteiger partial charge in [-0.25, -0.2) is 9.78 Å². The van der Waals surface area contributed by atoms with Crippen LogP contribution in [-0.4, -0.2) is 55.1 Å². The van der Waals surface area contributed by atoms with Crippen LogP contribution in [0, 0.1) is 0 Å². The van der Waals surface area contributed by atoms with Crippen LogP contribution in [0.5, 0.6) is 0 Å². The van der Waals surface area contributed by atoms with Crippen LogP contribution in [0.25, 0.3) is 0 Å². The van der Waals surface area contributed by atoms with Crippen molar-refractivity contribution in [3.05, 3.63) is 24.0 Å². The Labute approximate surface area is 110 Å². The fraction of sp³-hybridized carbons (Fsp3) is 0.400. The molecule has 2 rings (SSSR count). The second kappa shape index (κ2) is 5.51. The van der Waals surface area contributed by atoms with E-state index in [1.807, 2.05) is 0 Å². The van der Waals surface area contributed by atoms with Crippen LogP contribution in [-0.2, 0) is 14.9 Å². The highest BCUT2D eigenvalue weighted by Crippen LogP contribution is 2.13. The van der Waals surface area contributed by atoms with Crippen molar-refractivity contribution in [2.45, 2.75) is 0 Å². The lowest BCUT2D eigenvalue weighted by Gasteiger charge is -2.26. The number of hydrogen-bond acceptors (Lipinski definition) is 5. The number of anilines is 1. The molecule has 0 saturated carbocycles. The maximum Gasteiger partial charge on any atom is 0.354 e. The molecule has 0 aliphatic carbocycles. The summed E-state index contributed by atoms with van der Waals surface area (Å²) in [4.78, 5) is 14.4. The number of ether oxygens (including phenoxy) is 1. The van der Waals surface area contributed by atoms with E-state index in [9.17, 15) is 13.2 Å². The highest BCUT2D eigenvalue weighted by Gasteiger charge is 2.24. The van der Waals surface area contributed by atoms with Gasteiger partial charge in [-0.1, -0.05) is 0 Å². The standard InChI is InChI=1S/C10H13N3O5S/c14-10(15)9-7-8(1-2-11-9)12-19(16,17)13-3-5-18-6-4-13/h1-2,7H,3-6H2,(H,11,12)(H,14,15). The minimum absolute atomic E-state index is 0.166. The van der Waals surface area contributed by atoms with Crippen molar-refractivity contribution in [1.82, 2.24) is 9.29 Å². The average Bonchev–Trinajstić information content (AvgIpc) is 2.39. The molecule has 0 radical (unpaired) electrons. The lowest BCUT2D eigenvalue weighted by molar-refractivity contribution is 0.0690. The summed E-state index contributed by atoms with van der Waals surface area (Å²) in [6.07, 6.45) is 1.24. The number of nitrogens with one attached hydrogen (secondary N) is 1. The Morgan fingerprint density at radius 3 is 2.74 bits per heavy atom. The number of rotatable bonds is 4. The Morgan fingerprint density at radius 2 is 2.11 bits per heavy atom. The normalized spacial score (nSPS) is 17.1. The second-order valence-corrected chi connectivity index (χ2v) is 5.52. The Hall–Kier alpha value is -1.71. The molecule has 8 nitrogen and oxygen atoms in total. The quantitative estimate of drug-likeness (QED) is 0.791. The summed E-state index contributed by atoms with van der Waals surface area (Å²) in [6.45, 7) is 1.23. The highest BCUT2D eigenvalue weighted by molar-refractivity contribution is 7.90. The maximum absolute atomic E-state index is 12.0. The minimum Gasteiger partial charge on any atom is -0.477 e. The predicted octanol–water partition coefficient (Wildman–Crippen LogP) is -0.231. The van der Waals surface area contributed by atoms with Gasteiger partial charge in [0.05, 0.1) is 18.9 Å². The van der Waals surface area contributed by atoms with Gasteiger partial charge >= 0.3 is 16.2 Å². The number of carboxylic acid groups (broad SMARTS) is 1. The van der Waals surface area contributed by atoms with Gasteiger partial charge in [0.15, 0.2) is 0 Å². The van der Waals surface area contributed by atoms with Crippen LogP contribution in [0.1, 0.15) is 10.5 Å². The molecule has 1 saturated heterocycles. The first-order valence-corrected chi connectivity index (χ1v) is 6.98. The number of pyridine rings is 1. The van der Waals surface area contributed by atoms with Gasteiger partial charge in [-0.05, 0) is 12.1 Å². The Morgan fingerprint density at radius 1 is 1.42 bits per heavy atom. The summed E-state index contributed by atoms with van der Waals surface area (Å²) < 4.78 is 32.7. The summed E-state index contributed by atoms with van der Waals surface area (Å²) in [5, 5.41) is 8.79. The summed E-state index contributed by atoms with van der Waals surface area (Å²) >= 11 is 0. The van der Waals surface area contributed by atoms with Gasteiger partial charge in [-0.15, -0.1) is 0 Å². The first kappa shape index (κ1) is 13.7. The lowest BCUT2D eigenvalue weighted by Crippen LogP contribution is -2.43. The molecule has 19 heavy (non-hydrogen) atoms. The highest BCUT2D eigenvalue weighted by atomic mass is 32.2. The summed E-state index contributed by atoms with van der Waals surface area (Å²) in [5.74, 6) is -1.22. The average molecular weight is 287 g/mol. The van der Waals surface area contributed by atoms with Gasteiger partial charge in [0, 0.05) is 19.3 Å². The number of aromatic nitrogens is 1. The molecule has 2 heterocycles. The third kappa shape index (κ3) is 3.40. The number of hydrogen-bond donors (Lipinski definition) is 2. The fourth-order valence-corrected chi connectivity index (χ4v) is 2.80. The largest absolute Gasteiger partial charge is 0.477 e. The van der Waals surface area contributed by atoms with Crippen molar-refractivity contribution in [3.63, 3.8) is 0 Å². The first-order chi connectivity index (χ1) is 8.99. The van der Waals surface area contributed by atoms with Gasteiger partial charge in [0.25, 0.3) is 0 Å². The zero-order valence-electron chi connectivity index (χ0n) is 9.94. The molecular weight excluding hydrogens is 274 g/mol. The van der Waals surface area contributed by atoms with Gasteiger partial charge < -0.3 is 9.84 Å². The SMILES string of the molecule is O=C(O)c1cc(NS(=O)(=O)N2CCOCC2)ccn1. The fourth-order valence-electron chi connectivity index (χ4n) is 1.61. The van der Waals surface area contributed by atoms with Crippen LogP contribution in [0.2, 0.25) is 0 Å². The molecule has 0 amide bonds. The zero-order valence-corrected chi connectivity index (χ0v) is 10.8. The topological polar surface area (TPSA) is 109 Å². The van der Waals surface area contributed by atoms with Crippen molar-refractivity contribution >= 4 is 21.9 Å². The first-order valence-electron chi connectivity index (χ1n) is 5.54. The molecule has 1 aromatic rings. The van der Waals surface area contributed by atoms with E-state index in [2.05, 4.69) is 9.71 Å². The third-order valence-electron chi connectivity index (χ3n) is 2.54. The molecule has 1 aromatic heterocycles. The Balaban J connectivity index is 2.15. The summed E-state index contributed by atoms with van der Waals surface area (Å²) in [6, 6.07) is 2.56. The third-order valence-corrected chi connectivity index (χ3v) is 4.07. The van der Waals surface area contributed by atoms with E-state index >= 15 is 0 Å². The minimum atomic E-state index is -3.70. The monoisotopic (exact) mass is 287 g/mol. The molecule has 0 unspecified atom stereocenters. The van der Waals surface area contributed by atoms with Crippen LogP contribution in [0.3, 0.4) is 0 Å². The summed E-state index contributed by atoms with van der Waals surface area (Å²) in [7, 11) is -3.70. The number of carboxylic acids is 1. The molecule has 1 fully saturated rings. The van der Waals surface area contributed by atoms with E-state index in [4.69, 9.17) is 9.84 Å². The van der Waals surface area contributed by atoms with Gasteiger partial charge in [0.2, 0.25) is 0 Å². The van der Waals surface area contributed by atoms with E-state index in [0.717, 1.165) is 0 Å². The Bertz CT molecular complexity index is 568. The van der Waals surface area contributed by atoms with E-state index in [1.165, 1.54) is 22.6 Å². The van der Waals surface area contributed by atoms with Crippen molar-refractivity contribution < 1.29 is 23.1 Å². The maximum atomic E-state index is 12.0. The van der Waals surface area contributed by atoms with Crippen LogP contribution in [0.4, 0.5) is 5.69 Å². The van der Waals surface area contributed by atoms with Crippen LogP contribution in [0.15, 0.2) is 18.3 Å². The number of carbonyl (C=O) groups is 1.